The predicted octanol–water partition coefficient (Wildman–Crippen LogP) is 5.97. The normalized spacial score (nSPS) is 22.0. The number of hydrogen-bond donors (Lipinski definition) is 1. The van der Waals surface area contributed by atoms with E-state index in [1.165, 1.54) is 6.07 Å². The van der Waals surface area contributed by atoms with Gasteiger partial charge in [-0.3, -0.25) is 4.79 Å². The molecule has 2 rings (SSSR count). The Kier molecular flexibility index (Phi) is 4.80. The Morgan fingerprint density at radius 3 is 2.16 bits per heavy atom. The summed E-state index contributed by atoms with van der Waals surface area (Å²) in [6.07, 6.45) is 0. The van der Waals surface area contributed by atoms with Gasteiger partial charge in [0.2, 0.25) is 0 Å². The molecule has 0 aliphatic carbocycles. The first kappa shape index (κ1) is 20.5. The molecule has 1 aliphatic heterocycles. The molecule has 1 fully saturated rings. The summed E-state index contributed by atoms with van der Waals surface area (Å²) in [6.45, 7) is 6.57. The van der Waals surface area contributed by atoms with Crippen molar-refractivity contribution in [2.75, 3.05) is 24.7 Å². The predicted molar refractivity (Wildman–Crippen MR) is 95.0 cm³/mol. The molecule has 1 aromatic carbocycles. The maximum atomic E-state index is 13.1. The lowest BCUT2D eigenvalue weighted by Crippen LogP contribution is -2.38. The van der Waals surface area contributed by atoms with Gasteiger partial charge in [-0.15, -0.1) is 0 Å². The number of ether oxygens (including phenoxy) is 1. The second-order valence-corrected chi connectivity index (χ2v) is 12.3. The number of halogens is 5. The van der Waals surface area contributed by atoms with Gasteiger partial charge in [-0.1, -0.05) is 52.3 Å². The van der Waals surface area contributed by atoms with E-state index in [1.807, 2.05) is 20.8 Å². The smallest absolute Gasteiger partial charge is 0.310 e. The average molecular weight is 406 g/mol. The van der Waals surface area contributed by atoms with Gasteiger partial charge < -0.3 is 4.74 Å². The number of ketones is 1. The van der Waals surface area contributed by atoms with E-state index < -0.39 is 42.5 Å². The summed E-state index contributed by atoms with van der Waals surface area (Å²) in [7, 11) is -10.6. The summed E-state index contributed by atoms with van der Waals surface area (Å²) >= 11 is 0. The zero-order chi connectivity index (χ0) is 19.2. The fourth-order valence-electron chi connectivity index (χ4n) is 2.99. The minimum absolute atomic E-state index is 0.304. The lowest BCUT2D eigenvalue weighted by Gasteiger charge is -2.42. The zero-order valence-electron chi connectivity index (χ0n) is 14.3. The highest BCUT2D eigenvalue weighted by Crippen LogP contribution is 3.02. The van der Waals surface area contributed by atoms with E-state index in [0.717, 1.165) is 6.07 Å². The molecule has 25 heavy (non-hydrogen) atoms. The monoisotopic (exact) mass is 406 g/mol. The zero-order valence-corrected chi connectivity index (χ0v) is 16.0. The Morgan fingerprint density at radius 2 is 1.68 bits per heavy atom. The number of carbonyl (C=O) groups excluding carboxylic acids is 1. The molecule has 0 spiro atoms. The summed E-state index contributed by atoms with van der Waals surface area (Å²) in [6, 6.07) is 2.68. The molecule has 146 valence electrons. The molecule has 1 heterocycles. The first-order valence-electron chi connectivity index (χ1n) is 7.80. The van der Waals surface area contributed by atoms with Crippen LogP contribution < -0.4 is 0 Å². The van der Waals surface area contributed by atoms with Gasteiger partial charge in [0, 0.05) is 5.56 Å². The average Bonchev–Trinajstić information content (AvgIpc) is 2.45. The van der Waals surface area contributed by atoms with Crippen LogP contribution in [0.4, 0.5) is 19.4 Å². The maximum absolute atomic E-state index is 13.1. The van der Waals surface area contributed by atoms with E-state index in [9.17, 15) is 24.2 Å². The van der Waals surface area contributed by atoms with Crippen molar-refractivity contribution in [3.05, 3.63) is 29.8 Å². The van der Waals surface area contributed by atoms with Gasteiger partial charge in [0.25, 0.3) is 0 Å². The number of Topliss-reactive ketones (excluding diaryl/α,β-unsaturated/α-hetero) is 1. The molecule has 0 N–H and O–H groups in total. The largest absolute Gasteiger partial charge is 0.380 e. The van der Waals surface area contributed by atoms with Crippen LogP contribution in [-0.4, -0.2) is 35.8 Å². The molecular formula is C16H23F5O2S2. The van der Waals surface area contributed by atoms with Gasteiger partial charge in [-0.2, -0.15) is 0 Å². The topological polar surface area (TPSA) is 26.3 Å². The van der Waals surface area contributed by atoms with Crippen LogP contribution in [0.5, 0.6) is 0 Å². The molecule has 1 aliphatic rings. The molecule has 1 aromatic rings. The number of hydrogen-bond acceptors (Lipinski definition) is 2. The molecule has 0 saturated carbocycles. The molecule has 9 heteroatoms. The molecule has 0 bridgehead atoms. The number of carbonyl (C=O) groups is 1. The molecule has 2 nitrogen and oxygen atoms in total. The molecule has 0 aromatic heterocycles. The van der Waals surface area contributed by atoms with E-state index in [4.69, 9.17) is 4.74 Å². The molecule has 1 unspecified atom stereocenters. The quantitative estimate of drug-likeness (QED) is 0.379. The van der Waals surface area contributed by atoms with Gasteiger partial charge in [-0.25, -0.2) is 10.9 Å². The Hall–Kier alpha value is -0.800. The van der Waals surface area contributed by atoms with Crippen LogP contribution in [0, 0.1) is 5.41 Å². The highest BCUT2D eigenvalue weighted by Gasteiger charge is 2.65. The lowest BCUT2D eigenvalue weighted by atomic mass is 9.87. The SMILES string of the molecule is CC(C)(C)C(C(=O)c1cccc(S(F)(F)(F)(F)F)c1)[SH]1CCOCC1. The summed E-state index contributed by atoms with van der Waals surface area (Å²) in [5, 5.41) is -0.500. The third-order valence-electron chi connectivity index (χ3n) is 4.04. The van der Waals surface area contributed by atoms with Crippen molar-refractivity contribution in [2.45, 2.75) is 30.9 Å². The Balaban J connectivity index is 2.44. The van der Waals surface area contributed by atoms with Crippen molar-refractivity contribution >= 4 is 26.9 Å². The van der Waals surface area contributed by atoms with Crippen molar-refractivity contribution < 1.29 is 29.0 Å². The van der Waals surface area contributed by atoms with Crippen LogP contribution in [0.15, 0.2) is 29.2 Å². The van der Waals surface area contributed by atoms with E-state index in [1.54, 1.807) is 0 Å². The minimum atomic E-state index is -9.81. The van der Waals surface area contributed by atoms with Gasteiger partial charge in [0.1, 0.15) is 4.90 Å². The Bertz CT molecular complexity index is 661. The highest BCUT2D eigenvalue weighted by atomic mass is 32.5. The van der Waals surface area contributed by atoms with Crippen molar-refractivity contribution in [3.8, 4) is 0 Å². The fraction of sp³-hybridized carbons (Fsp3) is 0.562. The van der Waals surface area contributed by atoms with Gasteiger partial charge >= 0.3 is 10.2 Å². The fourth-order valence-corrected chi connectivity index (χ4v) is 6.72. The summed E-state index contributed by atoms with van der Waals surface area (Å²) < 4.78 is 70.6. The van der Waals surface area contributed by atoms with E-state index >= 15 is 0 Å². The lowest BCUT2D eigenvalue weighted by molar-refractivity contribution is 0.0946. The van der Waals surface area contributed by atoms with Crippen molar-refractivity contribution in [1.29, 1.82) is 0 Å². The van der Waals surface area contributed by atoms with Crippen molar-refractivity contribution in [2.24, 2.45) is 5.41 Å². The number of rotatable bonds is 4. The van der Waals surface area contributed by atoms with Crippen LogP contribution in [0.3, 0.4) is 0 Å². The van der Waals surface area contributed by atoms with Crippen LogP contribution >= 0.6 is 21.1 Å². The van der Waals surface area contributed by atoms with Crippen LogP contribution in [0.2, 0.25) is 0 Å². The van der Waals surface area contributed by atoms with E-state index in [2.05, 4.69) is 0 Å². The molecule has 0 amide bonds. The Labute approximate surface area is 147 Å². The van der Waals surface area contributed by atoms with Crippen LogP contribution in [0.25, 0.3) is 0 Å². The standard InChI is InChI=1S/C16H23F5O2S2/c1-16(2,3)15(24-9-7-23-8-10-24)14(22)12-5-4-6-13(11-12)25(17,18,19,20)21/h4-6,11,15,24H,7-10H2,1-3H3. The Morgan fingerprint density at radius 1 is 1.12 bits per heavy atom. The maximum Gasteiger partial charge on any atom is 0.310 e. The van der Waals surface area contributed by atoms with Crippen molar-refractivity contribution in [3.63, 3.8) is 0 Å². The number of benzene rings is 1. The first-order valence-corrected chi connectivity index (χ1v) is 11.5. The molecule has 0 radical (unpaired) electrons. The van der Waals surface area contributed by atoms with Crippen LogP contribution in [-0.2, 0) is 4.74 Å². The molecule has 1 saturated heterocycles. The minimum Gasteiger partial charge on any atom is -0.380 e. The van der Waals surface area contributed by atoms with E-state index in [0.29, 0.717) is 36.9 Å². The van der Waals surface area contributed by atoms with Gasteiger partial charge in [0.05, 0.1) is 18.5 Å². The third-order valence-corrected chi connectivity index (χ3v) is 8.44. The summed E-state index contributed by atoms with van der Waals surface area (Å²) in [5.41, 5.74) is -0.787. The molecular weight excluding hydrogens is 383 g/mol. The first-order chi connectivity index (χ1) is 11.1. The van der Waals surface area contributed by atoms with Crippen LogP contribution in [0.1, 0.15) is 31.1 Å². The summed E-state index contributed by atoms with van der Waals surface area (Å²) in [4.78, 5) is 10.9. The van der Waals surface area contributed by atoms with Gasteiger partial charge in [-0.05, 0) is 29.1 Å². The highest BCUT2D eigenvalue weighted by molar-refractivity contribution is 8.45. The molecule has 1 atom stereocenters. The van der Waals surface area contributed by atoms with Crippen molar-refractivity contribution in [1.82, 2.24) is 0 Å². The number of thiol groups is 1. The van der Waals surface area contributed by atoms with Gasteiger partial charge in [0.15, 0.2) is 5.78 Å². The summed E-state index contributed by atoms with van der Waals surface area (Å²) in [5.74, 6) is 0.873. The second kappa shape index (κ2) is 5.85. The third kappa shape index (κ3) is 5.10. The second-order valence-electron chi connectivity index (χ2n) is 7.28. The van der Waals surface area contributed by atoms with E-state index in [-0.39, 0.29) is 5.56 Å².